The highest BCUT2D eigenvalue weighted by Crippen LogP contribution is 2.27. The summed E-state index contributed by atoms with van der Waals surface area (Å²) in [6, 6.07) is 2.52. The maximum absolute atomic E-state index is 9.43. The van der Waals surface area contributed by atoms with Crippen LogP contribution in [0.1, 0.15) is 51.8 Å². The standard InChI is InChI=1S/C16H28N4O/c1-3-14-18-15(17-4-2)12-16(19-14)20(10-11-21)13-8-6-5-7-9-13/h12-13,21H,3-11H2,1-2H3,(H,17,18,19). The molecule has 0 unspecified atom stereocenters. The Kier molecular flexibility index (Phi) is 6.23. The molecule has 0 radical (unpaired) electrons. The summed E-state index contributed by atoms with van der Waals surface area (Å²) in [5, 5.41) is 12.7. The Morgan fingerprint density at radius 1 is 1.24 bits per heavy atom. The Bertz CT molecular complexity index is 432. The Labute approximate surface area is 127 Å². The summed E-state index contributed by atoms with van der Waals surface area (Å²) in [5.41, 5.74) is 0. The van der Waals surface area contributed by atoms with E-state index in [1.165, 1.54) is 32.1 Å². The molecule has 5 heteroatoms. The first-order chi connectivity index (χ1) is 10.3. The van der Waals surface area contributed by atoms with E-state index in [2.05, 4.69) is 29.0 Å². The molecule has 1 aliphatic rings. The van der Waals surface area contributed by atoms with E-state index >= 15 is 0 Å². The van der Waals surface area contributed by atoms with Gasteiger partial charge in [-0.25, -0.2) is 9.97 Å². The lowest BCUT2D eigenvalue weighted by Crippen LogP contribution is -2.39. The van der Waals surface area contributed by atoms with Gasteiger partial charge in [0.05, 0.1) is 6.61 Å². The van der Waals surface area contributed by atoms with Crippen LogP contribution in [-0.4, -0.2) is 40.8 Å². The van der Waals surface area contributed by atoms with Gasteiger partial charge in [-0.15, -0.1) is 0 Å². The summed E-state index contributed by atoms with van der Waals surface area (Å²) < 4.78 is 0. The first kappa shape index (κ1) is 16.0. The van der Waals surface area contributed by atoms with Gasteiger partial charge in [0.2, 0.25) is 0 Å². The van der Waals surface area contributed by atoms with Crippen LogP contribution >= 0.6 is 0 Å². The maximum atomic E-state index is 9.43. The Balaban J connectivity index is 2.26. The van der Waals surface area contributed by atoms with Crippen LogP contribution in [0.25, 0.3) is 0 Å². The SMILES string of the molecule is CCNc1cc(N(CCO)C2CCCCC2)nc(CC)n1. The van der Waals surface area contributed by atoms with E-state index in [4.69, 9.17) is 4.98 Å². The molecule has 1 saturated carbocycles. The molecule has 1 fully saturated rings. The quantitative estimate of drug-likeness (QED) is 0.809. The third kappa shape index (κ3) is 4.30. The van der Waals surface area contributed by atoms with E-state index in [1.807, 2.05) is 6.07 Å². The van der Waals surface area contributed by atoms with Crippen molar-refractivity contribution in [2.75, 3.05) is 29.9 Å². The molecule has 2 N–H and O–H groups in total. The van der Waals surface area contributed by atoms with E-state index in [0.29, 0.717) is 12.6 Å². The summed E-state index contributed by atoms with van der Waals surface area (Å²) in [6.07, 6.45) is 7.10. The van der Waals surface area contributed by atoms with E-state index in [9.17, 15) is 5.11 Å². The van der Waals surface area contributed by atoms with Crippen molar-refractivity contribution >= 4 is 11.6 Å². The molecule has 1 heterocycles. The molecule has 1 aliphatic carbocycles. The number of aromatic nitrogens is 2. The molecule has 0 aromatic carbocycles. The fourth-order valence-electron chi connectivity index (χ4n) is 3.04. The minimum Gasteiger partial charge on any atom is -0.395 e. The van der Waals surface area contributed by atoms with Gasteiger partial charge >= 0.3 is 0 Å². The molecule has 118 valence electrons. The number of aryl methyl sites for hydroxylation is 1. The van der Waals surface area contributed by atoms with Crippen molar-refractivity contribution < 1.29 is 5.11 Å². The monoisotopic (exact) mass is 292 g/mol. The Morgan fingerprint density at radius 3 is 2.62 bits per heavy atom. The second kappa shape index (κ2) is 8.17. The molecule has 1 aromatic heterocycles. The van der Waals surface area contributed by atoms with Gasteiger partial charge in [0.15, 0.2) is 0 Å². The van der Waals surface area contributed by atoms with Gasteiger partial charge in [-0.1, -0.05) is 26.2 Å². The number of hydrogen-bond donors (Lipinski definition) is 2. The second-order valence-corrected chi connectivity index (χ2v) is 5.62. The van der Waals surface area contributed by atoms with Crippen LogP contribution in [0.2, 0.25) is 0 Å². The minimum atomic E-state index is 0.165. The molecular weight excluding hydrogens is 264 g/mol. The molecule has 2 rings (SSSR count). The smallest absolute Gasteiger partial charge is 0.134 e. The molecule has 5 nitrogen and oxygen atoms in total. The van der Waals surface area contributed by atoms with Crippen molar-refractivity contribution in [2.45, 2.75) is 58.4 Å². The molecule has 1 aromatic rings. The van der Waals surface area contributed by atoms with Crippen molar-refractivity contribution in [1.82, 2.24) is 9.97 Å². The summed E-state index contributed by atoms with van der Waals surface area (Å²) in [4.78, 5) is 11.5. The van der Waals surface area contributed by atoms with Gasteiger partial charge in [-0.05, 0) is 19.8 Å². The molecule has 0 saturated heterocycles. The zero-order valence-electron chi connectivity index (χ0n) is 13.3. The van der Waals surface area contributed by atoms with Crippen molar-refractivity contribution in [3.05, 3.63) is 11.9 Å². The van der Waals surface area contributed by atoms with E-state index in [1.54, 1.807) is 0 Å². The van der Waals surface area contributed by atoms with Crippen molar-refractivity contribution in [3.63, 3.8) is 0 Å². The van der Waals surface area contributed by atoms with Crippen LogP contribution in [0.5, 0.6) is 0 Å². The van der Waals surface area contributed by atoms with Crippen molar-refractivity contribution in [3.8, 4) is 0 Å². The lowest BCUT2D eigenvalue weighted by molar-refractivity contribution is 0.289. The normalized spacial score (nSPS) is 16.0. The molecular formula is C16H28N4O. The zero-order chi connectivity index (χ0) is 15.1. The van der Waals surface area contributed by atoms with Gasteiger partial charge in [-0.2, -0.15) is 0 Å². The molecule has 0 atom stereocenters. The minimum absolute atomic E-state index is 0.165. The van der Waals surface area contributed by atoms with Crippen LogP contribution in [-0.2, 0) is 6.42 Å². The van der Waals surface area contributed by atoms with Gasteiger partial charge in [-0.3, -0.25) is 0 Å². The van der Waals surface area contributed by atoms with Gasteiger partial charge in [0.25, 0.3) is 0 Å². The van der Waals surface area contributed by atoms with Crippen molar-refractivity contribution in [2.24, 2.45) is 0 Å². The van der Waals surface area contributed by atoms with Crippen LogP contribution in [0.15, 0.2) is 6.07 Å². The fraction of sp³-hybridized carbons (Fsp3) is 0.750. The molecule has 0 aliphatic heterocycles. The van der Waals surface area contributed by atoms with E-state index in [0.717, 1.165) is 30.4 Å². The van der Waals surface area contributed by atoms with Crippen molar-refractivity contribution in [1.29, 1.82) is 0 Å². The maximum Gasteiger partial charge on any atom is 0.134 e. The average Bonchev–Trinajstić information content (AvgIpc) is 2.53. The van der Waals surface area contributed by atoms with E-state index < -0.39 is 0 Å². The lowest BCUT2D eigenvalue weighted by Gasteiger charge is -2.35. The molecule has 0 spiro atoms. The third-order valence-electron chi connectivity index (χ3n) is 4.08. The average molecular weight is 292 g/mol. The number of rotatable bonds is 7. The summed E-state index contributed by atoms with van der Waals surface area (Å²) in [6.45, 7) is 5.81. The van der Waals surface area contributed by atoms with Crippen LogP contribution in [0.3, 0.4) is 0 Å². The van der Waals surface area contributed by atoms with Crippen LogP contribution < -0.4 is 10.2 Å². The topological polar surface area (TPSA) is 61.3 Å². The highest BCUT2D eigenvalue weighted by Gasteiger charge is 2.22. The largest absolute Gasteiger partial charge is 0.395 e. The first-order valence-electron chi connectivity index (χ1n) is 8.27. The van der Waals surface area contributed by atoms with Crippen LogP contribution in [0.4, 0.5) is 11.6 Å². The number of hydrogen-bond acceptors (Lipinski definition) is 5. The summed E-state index contributed by atoms with van der Waals surface area (Å²) in [5.74, 6) is 2.71. The van der Waals surface area contributed by atoms with E-state index in [-0.39, 0.29) is 6.61 Å². The highest BCUT2D eigenvalue weighted by molar-refractivity contribution is 5.50. The van der Waals surface area contributed by atoms with Gasteiger partial charge < -0.3 is 15.3 Å². The Morgan fingerprint density at radius 2 is 2.00 bits per heavy atom. The first-order valence-corrected chi connectivity index (χ1v) is 8.27. The number of anilines is 2. The molecule has 0 amide bonds. The predicted octanol–water partition coefficient (Wildman–Crippen LogP) is 2.60. The summed E-state index contributed by atoms with van der Waals surface area (Å²) in [7, 11) is 0. The Hall–Kier alpha value is -1.36. The number of nitrogens with one attached hydrogen (secondary N) is 1. The lowest BCUT2D eigenvalue weighted by atomic mass is 9.94. The fourth-order valence-corrected chi connectivity index (χ4v) is 3.04. The highest BCUT2D eigenvalue weighted by atomic mass is 16.3. The molecule has 0 bridgehead atoms. The number of aliphatic hydroxyl groups is 1. The van der Waals surface area contributed by atoms with Gasteiger partial charge in [0.1, 0.15) is 17.5 Å². The third-order valence-corrected chi connectivity index (χ3v) is 4.08. The van der Waals surface area contributed by atoms with Crippen LogP contribution in [0, 0.1) is 0 Å². The number of aliphatic hydroxyl groups excluding tert-OH is 1. The predicted molar refractivity (Wildman–Crippen MR) is 86.9 cm³/mol. The summed E-state index contributed by atoms with van der Waals surface area (Å²) >= 11 is 0. The molecule has 21 heavy (non-hydrogen) atoms. The second-order valence-electron chi connectivity index (χ2n) is 5.62. The van der Waals surface area contributed by atoms with Gasteiger partial charge in [0, 0.05) is 31.6 Å². The zero-order valence-corrected chi connectivity index (χ0v) is 13.3. The number of nitrogens with zero attached hydrogens (tertiary/aromatic N) is 3.